The molecule has 1 saturated heterocycles. The highest BCUT2D eigenvalue weighted by Gasteiger charge is 2.39. The van der Waals surface area contributed by atoms with Crippen LogP contribution in [-0.2, 0) is 18.8 Å². The Kier molecular flexibility index (Phi) is 11.4. The second kappa shape index (κ2) is 14.3. The van der Waals surface area contributed by atoms with Gasteiger partial charge < -0.3 is 4.90 Å². The molecule has 0 saturated carbocycles. The van der Waals surface area contributed by atoms with E-state index < -0.39 is 41.0 Å². The lowest BCUT2D eigenvalue weighted by molar-refractivity contribution is -0.143. The van der Waals surface area contributed by atoms with Gasteiger partial charge in [-0.3, -0.25) is 14.7 Å². The van der Waals surface area contributed by atoms with Crippen LogP contribution in [0.5, 0.6) is 0 Å². The van der Waals surface area contributed by atoms with E-state index in [1.165, 1.54) is 17.7 Å². The van der Waals surface area contributed by atoms with Crippen LogP contribution in [-0.4, -0.2) is 60.7 Å². The van der Waals surface area contributed by atoms with Crippen molar-refractivity contribution in [1.29, 1.82) is 0 Å². The van der Waals surface area contributed by atoms with Crippen LogP contribution in [0.2, 0.25) is 0 Å². The lowest BCUT2D eigenvalue weighted by atomic mass is 9.97. The molecule has 0 radical (unpaired) electrons. The molecule has 0 N–H and O–H groups in total. The number of benzene rings is 2. The van der Waals surface area contributed by atoms with Crippen molar-refractivity contribution in [2.75, 3.05) is 32.7 Å². The van der Waals surface area contributed by atoms with Crippen LogP contribution in [0.1, 0.15) is 77.2 Å². The highest BCUT2D eigenvalue weighted by Crippen LogP contribution is 2.37. The molecule has 1 amide bonds. The van der Waals surface area contributed by atoms with Crippen molar-refractivity contribution in [2.45, 2.75) is 77.7 Å². The molecular weight excluding hydrogens is 544 g/mol. The molecule has 2 aromatic carbocycles. The van der Waals surface area contributed by atoms with Gasteiger partial charge in [-0.25, -0.2) is 0 Å². The first-order valence-corrected chi connectivity index (χ1v) is 14.2. The van der Waals surface area contributed by atoms with Gasteiger partial charge in [0.25, 0.3) is 5.91 Å². The van der Waals surface area contributed by atoms with Gasteiger partial charge >= 0.3 is 12.4 Å². The number of carbonyl (C=O) groups is 1. The third-order valence-electron chi connectivity index (χ3n) is 7.55. The molecule has 0 bridgehead atoms. The third kappa shape index (κ3) is 9.58. The number of unbranched alkanes of at least 4 members (excludes halogenated alkanes) is 3. The molecule has 226 valence electrons. The van der Waals surface area contributed by atoms with Gasteiger partial charge in [-0.2, -0.15) is 26.3 Å². The van der Waals surface area contributed by atoms with Crippen LogP contribution >= 0.6 is 0 Å². The normalized spacial score (nSPS) is 17.0. The summed E-state index contributed by atoms with van der Waals surface area (Å²) < 4.78 is 80.8. The summed E-state index contributed by atoms with van der Waals surface area (Å²) in [4.78, 5) is 21.6. The molecule has 41 heavy (non-hydrogen) atoms. The first kappa shape index (κ1) is 32.6. The van der Waals surface area contributed by atoms with Crippen LogP contribution in [0.25, 0.3) is 0 Å². The summed E-state index contributed by atoms with van der Waals surface area (Å²) >= 11 is 0. The van der Waals surface area contributed by atoms with Crippen molar-refractivity contribution in [3.63, 3.8) is 0 Å². The van der Waals surface area contributed by atoms with Crippen molar-refractivity contribution in [1.82, 2.24) is 9.80 Å². The Hall–Kier alpha value is -2.88. The zero-order valence-corrected chi connectivity index (χ0v) is 23.9. The van der Waals surface area contributed by atoms with E-state index >= 15 is 0 Å². The molecule has 1 fully saturated rings. The van der Waals surface area contributed by atoms with E-state index in [0.717, 1.165) is 42.5 Å². The molecule has 1 atom stereocenters. The smallest absolute Gasteiger partial charge is 0.333 e. The van der Waals surface area contributed by atoms with Crippen LogP contribution in [0.15, 0.2) is 41.4 Å². The Morgan fingerprint density at radius 2 is 1.61 bits per heavy atom. The summed E-state index contributed by atoms with van der Waals surface area (Å²) in [7, 11) is 0. The minimum absolute atomic E-state index is 0.0483. The summed E-state index contributed by atoms with van der Waals surface area (Å²) in [6.07, 6.45) is -2.42. The van der Waals surface area contributed by atoms with Crippen molar-refractivity contribution >= 4 is 12.1 Å². The van der Waals surface area contributed by atoms with E-state index in [2.05, 4.69) is 16.8 Å². The molecule has 1 aliphatic rings. The minimum Gasteiger partial charge on any atom is -0.333 e. The zero-order valence-electron chi connectivity index (χ0n) is 23.9. The average Bonchev–Trinajstić information content (AvgIpc) is 2.91. The van der Waals surface area contributed by atoms with Crippen molar-refractivity contribution in [2.24, 2.45) is 4.99 Å². The number of halogens is 6. The minimum atomic E-state index is -5.02. The number of carbonyl (C=O) groups excluding carboxylic acids is 1. The van der Waals surface area contributed by atoms with Gasteiger partial charge in [0.05, 0.1) is 11.1 Å². The standard InChI is InChI=1S/C31H39F6N3O/c1-4-5-6-7-11-38-12-8-13-39-14-15-40(28(21-39)17-24-10-9-22(2)23(3)16-24)29(41)25-18-26(30(32,33)34)20-27(19-25)31(35,36)37/h9-10,12,16,18-20,28H,4-8,11,13-15,17,21H2,1-3H3/t28-/m1/s1. The maximum absolute atomic E-state index is 13.5. The second-order valence-electron chi connectivity index (χ2n) is 10.8. The number of nitrogens with zero attached hydrogens (tertiary/aromatic N) is 3. The first-order valence-electron chi connectivity index (χ1n) is 14.2. The van der Waals surface area contributed by atoms with Gasteiger partial charge in [-0.05, 0) is 74.2 Å². The Bertz CT molecular complexity index is 1160. The number of aliphatic imine (C=N–C) groups is 1. The summed E-state index contributed by atoms with van der Waals surface area (Å²) in [5, 5.41) is 0. The predicted molar refractivity (Wildman–Crippen MR) is 149 cm³/mol. The quantitative estimate of drug-likeness (QED) is 0.154. The second-order valence-corrected chi connectivity index (χ2v) is 10.8. The van der Waals surface area contributed by atoms with Gasteiger partial charge in [0.2, 0.25) is 0 Å². The molecule has 0 unspecified atom stereocenters. The molecule has 10 heteroatoms. The van der Waals surface area contributed by atoms with E-state index in [1.54, 1.807) is 0 Å². The zero-order chi connectivity index (χ0) is 30.2. The number of amides is 1. The Morgan fingerprint density at radius 3 is 2.22 bits per heavy atom. The number of aryl methyl sites for hydroxylation is 2. The monoisotopic (exact) mass is 583 g/mol. The number of alkyl halides is 6. The summed E-state index contributed by atoms with van der Waals surface area (Å²) in [6, 6.07) is 6.59. The summed E-state index contributed by atoms with van der Waals surface area (Å²) in [5.74, 6) is -0.830. The van der Waals surface area contributed by atoms with Crippen LogP contribution in [0.3, 0.4) is 0 Å². The third-order valence-corrected chi connectivity index (χ3v) is 7.55. The molecule has 2 aromatic rings. The fourth-order valence-corrected chi connectivity index (χ4v) is 5.06. The van der Waals surface area contributed by atoms with Crippen molar-refractivity contribution < 1.29 is 31.1 Å². The Labute approximate surface area is 238 Å². The molecule has 1 heterocycles. The van der Waals surface area contributed by atoms with Crippen LogP contribution < -0.4 is 0 Å². The molecule has 0 spiro atoms. The highest BCUT2D eigenvalue weighted by molar-refractivity contribution is 5.95. The lowest BCUT2D eigenvalue weighted by Crippen LogP contribution is -2.56. The molecule has 0 aliphatic carbocycles. The number of rotatable bonds is 11. The Morgan fingerprint density at radius 1 is 0.927 bits per heavy atom. The fourth-order valence-electron chi connectivity index (χ4n) is 5.06. The van der Waals surface area contributed by atoms with Crippen molar-refractivity contribution in [3.05, 3.63) is 69.8 Å². The maximum Gasteiger partial charge on any atom is 0.416 e. The summed E-state index contributed by atoms with van der Waals surface area (Å²) in [5.41, 5.74) is -0.476. The first-order chi connectivity index (χ1) is 19.3. The molecule has 4 nitrogen and oxygen atoms in total. The number of hydrogen-bond acceptors (Lipinski definition) is 3. The van der Waals surface area contributed by atoms with Crippen molar-refractivity contribution in [3.8, 4) is 0 Å². The van der Waals surface area contributed by atoms with Gasteiger partial charge in [0.1, 0.15) is 0 Å². The topological polar surface area (TPSA) is 35.9 Å². The Balaban J connectivity index is 1.81. The van der Waals surface area contributed by atoms with Gasteiger partial charge in [-0.15, -0.1) is 0 Å². The molecule has 3 rings (SSSR count). The fraction of sp³-hybridized carbons (Fsp3) is 0.548. The number of hydrogen-bond donors (Lipinski definition) is 0. The van der Waals surface area contributed by atoms with E-state index in [0.29, 0.717) is 38.2 Å². The number of piperazine rings is 1. The van der Waals surface area contributed by atoms with Gasteiger partial charge in [0, 0.05) is 44.3 Å². The van der Waals surface area contributed by atoms with E-state index in [9.17, 15) is 31.1 Å². The SMILES string of the molecule is CCCCCCN=CCCN1CCN(C(=O)c2cc(C(F)(F)F)cc(C(F)(F)F)c2)[C@H](Cc2ccc(C)c(C)c2)C1. The predicted octanol–water partition coefficient (Wildman–Crippen LogP) is 7.75. The highest BCUT2D eigenvalue weighted by atomic mass is 19.4. The average molecular weight is 584 g/mol. The summed E-state index contributed by atoms with van der Waals surface area (Å²) in [6.45, 7) is 8.70. The van der Waals surface area contributed by atoms with Gasteiger partial charge in [0.15, 0.2) is 0 Å². The molecular formula is C31H39F6N3O. The maximum atomic E-state index is 13.5. The largest absolute Gasteiger partial charge is 0.416 e. The van der Waals surface area contributed by atoms with Gasteiger partial charge in [-0.1, -0.05) is 44.4 Å². The van der Waals surface area contributed by atoms with Crippen LogP contribution in [0.4, 0.5) is 26.3 Å². The molecule has 1 aliphatic heterocycles. The van der Waals surface area contributed by atoms with Crippen LogP contribution in [0, 0.1) is 13.8 Å². The van der Waals surface area contributed by atoms with E-state index in [1.807, 2.05) is 38.3 Å². The van der Waals surface area contributed by atoms with E-state index in [-0.39, 0.29) is 12.6 Å². The molecule has 0 aromatic heterocycles. The lowest BCUT2D eigenvalue weighted by Gasteiger charge is -2.42. The van der Waals surface area contributed by atoms with E-state index in [4.69, 9.17) is 0 Å².